The van der Waals surface area contributed by atoms with E-state index in [4.69, 9.17) is 4.74 Å². The van der Waals surface area contributed by atoms with Crippen LogP contribution in [0.3, 0.4) is 0 Å². The number of hydrogen-bond acceptors (Lipinski definition) is 2. The first kappa shape index (κ1) is 17.1. The van der Waals surface area contributed by atoms with Crippen molar-refractivity contribution < 1.29 is 17.9 Å². The Morgan fingerprint density at radius 3 is 2.52 bits per heavy atom. The van der Waals surface area contributed by atoms with Gasteiger partial charge in [0.2, 0.25) is 0 Å². The molecule has 1 aliphatic carbocycles. The molecule has 4 rings (SSSR count). The number of likely N-dealkylation sites (tertiary alicyclic amines) is 1. The van der Waals surface area contributed by atoms with Crippen molar-refractivity contribution in [2.45, 2.75) is 56.5 Å². The summed E-state index contributed by atoms with van der Waals surface area (Å²) >= 11 is 0. The summed E-state index contributed by atoms with van der Waals surface area (Å²) in [6, 6.07) is 5.18. The van der Waals surface area contributed by atoms with E-state index in [1.807, 2.05) is 6.07 Å². The van der Waals surface area contributed by atoms with Gasteiger partial charge in [-0.05, 0) is 30.0 Å². The Kier molecular flexibility index (Phi) is 4.64. The Hall–Kier alpha value is -0.780. The minimum absolute atomic E-state index is 0. The van der Waals surface area contributed by atoms with Crippen LogP contribution in [0, 0.1) is 0 Å². The fourth-order valence-electron chi connectivity index (χ4n) is 4.41. The second-order valence-electron chi connectivity index (χ2n) is 6.72. The number of alkyl halides is 3. The summed E-state index contributed by atoms with van der Waals surface area (Å²) in [5, 5.41) is 0. The lowest BCUT2D eigenvalue weighted by molar-refractivity contribution is -0.139. The van der Waals surface area contributed by atoms with Gasteiger partial charge in [-0.2, -0.15) is 13.2 Å². The van der Waals surface area contributed by atoms with Gasteiger partial charge in [0.15, 0.2) is 0 Å². The molecule has 1 aromatic carbocycles. The van der Waals surface area contributed by atoms with E-state index in [-0.39, 0.29) is 31.0 Å². The number of benzene rings is 1. The number of hydrogen-bond donors (Lipinski definition) is 0. The van der Waals surface area contributed by atoms with Crippen LogP contribution in [0.25, 0.3) is 0 Å². The average molecular weight is 348 g/mol. The molecule has 3 aliphatic rings. The zero-order valence-corrected chi connectivity index (χ0v) is 13.6. The molecule has 2 fully saturated rings. The summed E-state index contributed by atoms with van der Waals surface area (Å²) in [6.45, 7) is 1.79. The van der Waals surface area contributed by atoms with E-state index >= 15 is 0 Å². The molecule has 0 aromatic heterocycles. The fraction of sp³-hybridized carbons (Fsp3) is 0.647. The molecule has 128 valence electrons. The third kappa shape index (κ3) is 2.99. The maximum Gasteiger partial charge on any atom is 0.416 e. The maximum atomic E-state index is 13.2. The SMILES string of the molecule is Cl.FC(F)(F)c1cccc2c1COC1CN(C3CCCC3)CC21. The van der Waals surface area contributed by atoms with E-state index < -0.39 is 11.7 Å². The van der Waals surface area contributed by atoms with Gasteiger partial charge in [0, 0.05) is 25.0 Å². The Morgan fingerprint density at radius 1 is 1.09 bits per heavy atom. The zero-order chi connectivity index (χ0) is 15.3. The highest BCUT2D eigenvalue weighted by Crippen LogP contribution is 2.43. The second-order valence-corrected chi connectivity index (χ2v) is 6.72. The normalized spacial score (nSPS) is 28.3. The summed E-state index contributed by atoms with van der Waals surface area (Å²) in [7, 11) is 0. The smallest absolute Gasteiger partial charge is 0.371 e. The standard InChI is InChI=1S/C17H20F3NO.ClH/c18-17(19,20)15-7-3-6-12-13-8-21(11-4-1-2-5-11)9-16(13)22-10-14(12)15;/h3,6-7,11,13,16H,1-2,4-5,8-10H2;1H. The molecule has 0 N–H and O–H groups in total. The Morgan fingerprint density at radius 2 is 1.83 bits per heavy atom. The number of ether oxygens (including phenoxy) is 1. The van der Waals surface area contributed by atoms with Crippen LogP contribution in [0.15, 0.2) is 18.2 Å². The van der Waals surface area contributed by atoms with E-state index in [1.54, 1.807) is 6.07 Å². The van der Waals surface area contributed by atoms with E-state index in [9.17, 15) is 13.2 Å². The first-order chi connectivity index (χ1) is 10.5. The molecule has 0 spiro atoms. The van der Waals surface area contributed by atoms with Gasteiger partial charge < -0.3 is 4.74 Å². The van der Waals surface area contributed by atoms with Crippen molar-refractivity contribution in [3.8, 4) is 0 Å². The van der Waals surface area contributed by atoms with Crippen molar-refractivity contribution in [2.75, 3.05) is 13.1 Å². The number of rotatable bonds is 1. The molecule has 2 heterocycles. The molecule has 1 saturated heterocycles. The molecule has 0 radical (unpaired) electrons. The molecule has 2 unspecified atom stereocenters. The maximum absolute atomic E-state index is 13.2. The quantitative estimate of drug-likeness (QED) is 0.748. The van der Waals surface area contributed by atoms with E-state index in [1.165, 1.54) is 31.7 Å². The van der Waals surface area contributed by atoms with Crippen LogP contribution < -0.4 is 0 Å². The first-order valence-electron chi connectivity index (χ1n) is 8.08. The predicted molar refractivity (Wildman–Crippen MR) is 83.8 cm³/mol. The summed E-state index contributed by atoms with van der Waals surface area (Å²) in [5.41, 5.74) is 0.680. The summed E-state index contributed by atoms with van der Waals surface area (Å²) in [5.74, 6) is 0.0895. The molecule has 2 nitrogen and oxygen atoms in total. The number of nitrogens with zero attached hydrogens (tertiary/aromatic N) is 1. The Bertz CT molecular complexity index is 571. The largest absolute Gasteiger partial charge is 0.416 e. The van der Waals surface area contributed by atoms with Gasteiger partial charge in [0.1, 0.15) is 0 Å². The number of halogens is 4. The minimum atomic E-state index is -4.30. The van der Waals surface area contributed by atoms with Crippen molar-refractivity contribution in [3.63, 3.8) is 0 Å². The van der Waals surface area contributed by atoms with Gasteiger partial charge in [-0.25, -0.2) is 0 Å². The van der Waals surface area contributed by atoms with Gasteiger partial charge in [-0.3, -0.25) is 4.90 Å². The average Bonchev–Trinajstić information content (AvgIpc) is 3.14. The van der Waals surface area contributed by atoms with Crippen molar-refractivity contribution >= 4 is 12.4 Å². The molecule has 0 bridgehead atoms. The molecule has 0 amide bonds. The van der Waals surface area contributed by atoms with Crippen molar-refractivity contribution in [3.05, 3.63) is 34.9 Å². The lowest BCUT2D eigenvalue weighted by Crippen LogP contribution is -2.32. The third-order valence-electron chi connectivity index (χ3n) is 5.49. The topological polar surface area (TPSA) is 12.5 Å². The molecular formula is C17H21ClF3NO. The van der Waals surface area contributed by atoms with Crippen LogP contribution >= 0.6 is 12.4 Å². The Balaban J connectivity index is 0.00000156. The van der Waals surface area contributed by atoms with E-state index in [0.29, 0.717) is 11.6 Å². The lowest BCUT2D eigenvalue weighted by Gasteiger charge is -2.29. The van der Waals surface area contributed by atoms with Crippen LogP contribution in [-0.2, 0) is 17.5 Å². The van der Waals surface area contributed by atoms with Gasteiger partial charge in [0.25, 0.3) is 0 Å². The van der Waals surface area contributed by atoms with Gasteiger partial charge >= 0.3 is 6.18 Å². The van der Waals surface area contributed by atoms with Gasteiger partial charge in [-0.1, -0.05) is 25.0 Å². The summed E-state index contributed by atoms with van der Waals surface area (Å²) in [4.78, 5) is 2.44. The highest BCUT2D eigenvalue weighted by Gasteiger charge is 2.44. The highest BCUT2D eigenvalue weighted by atomic mass is 35.5. The van der Waals surface area contributed by atoms with E-state index in [2.05, 4.69) is 4.90 Å². The monoisotopic (exact) mass is 347 g/mol. The van der Waals surface area contributed by atoms with Gasteiger partial charge in [-0.15, -0.1) is 12.4 Å². The first-order valence-corrected chi connectivity index (χ1v) is 8.08. The van der Waals surface area contributed by atoms with Crippen LogP contribution in [0.4, 0.5) is 13.2 Å². The van der Waals surface area contributed by atoms with Crippen molar-refractivity contribution in [1.29, 1.82) is 0 Å². The van der Waals surface area contributed by atoms with Crippen LogP contribution in [0.2, 0.25) is 0 Å². The second kappa shape index (κ2) is 6.26. The van der Waals surface area contributed by atoms with Gasteiger partial charge in [0.05, 0.1) is 18.3 Å². The molecule has 2 atom stereocenters. The molecule has 2 aliphatic heterocycles. The van der Waals surface area contributed by atoms with Crippen LogP contribution in [0.5, 0.6) is 0 Å². The van der Waals surface area contributed by atoms with Crippen molar-refractivity contribution in [2.24, 2.45) is 0 Å². The molecule has 1 aromatic rings. The lowest BCUT2D eigenvalue weighted by atomic mass is 9.87. The fourth-order valence-corrected chi connectivity index (χ4v) is 4.41. The minimum Gasteiger partial charge on any atom is -0.371 e. The van der Waals surface area contributed by atoms with Crippen LogP contribution in [0.1, 0.15) is 48.3 Å². The predicted octanol–water partition coefficient (Wildman–Crippen LogP) is 4.37. The number of fused-ring (bicyclic) bond motifs is 3. The summed E-state index contributed by atoms with van der Waals surface area (Å²) in [6.07, 6.45) is 0.726. The highest BCUT2D eigenvalue weighted by molar-refractivity contribution is 5.85. The van der Waals surface area contributed by atoms with E-state index in [0.717, 1.165) is 18.7 Å². The molecule has 6 heteroatoms. The third-order valence-corrected chi connectivity index (χ3v) is 5.49. The summed E-state index contributed by atoms with van der Waals surface area (Å²) < 4.78 is 45.3. The zero-order valence-electron chi connectivity index (χ0n) is 12.8. The van der Waals surface area contributed by atoms with Crippen LogP contribution in [-0.4, -0.2) is 30.1 Å². The van der Waals surface area contributed by atoms with Crippen molar-refractivity contribution in [1.82, 2.24) is 4.90 Å². The Labute approximate surface area is 140 Å². The molecular weight excluding hydrogens is 327 g/mol. The molecule has 23 heavy (non-hydrogen) atoms. The molecule has 1 saturated carbocycles.